The fourth-order valence-electron chi connectivity index (χ4n) is 2.27. The van der Waals surface area contributed by atoms with Crippen molar-refractivity contribution in [3.8, 4) is 0 Å². The highest BCUT2D eigenvalue weighted by Crippen LogP contribution is 2.46. The lowest BCUT2D eigenvalue weighted by Crippen LogP contribution is -2.42. The molecule has 1 atom stereocenters. The normalized spacial score (nSPS) is 28.6. The summed E-state index contributed by atoms with van der Waals surface area (Å²) in [6.45, 7) is 12.4. The molecule has 0 amide bonds. The van der Waals surface area contributed by atoms with E-state index in [1.807, 2.05) is 0 Å². The van der Waals surface area contributed by atoms with Crippen LogP contribution in [0.2, 0.25) is 0 Å². The monoisotopic (exact) mass is 224 g/mol. The summed E-state index contributed by atoms with van der Waals surface area (Å²) in [6, 6.07) is -0.416. The first-order valence-corrected chi connectivity index (χ1v) is 6.32. The summed E-state index contributed by atoms with van der Waals surface area (Å²) in [5.41, 5.74) is 0.743. The molecule has 0 aliphatic carbocycles. The van der Waals surface area contributed by atoms with Crippen LogP contribution < -0.4 is 0 Å². The lowest BCUT2D eigenvalue weighted by Gasteiger charge is -2.35. The zero-order chi connectivity index (χ0) is 12.6. The maximum atomic E-state index is 10.4. The fraction of sp³-hybridized carbons (Fsp3) is 0.846. The molecule has 2 nitrogen and oxygen atoms in total. The van der Waals surface area contributed by atoms with Crippen molar-refractivity contribution in [2.45, 2.75) is 66.0 Å². The highest BCUT2D eigenvalue weighted by Gasteiger charge is 2.57. The molecule has 0 saturated carbocycles. The van der Waals surface area contributed by atoms with Gasteiger partial charge in [-0.1, -0.05) is 39.2 Å². The molecular weight excluding hydrogens is 199 g/mol. The van der Waals surface area contributed by atoms with Crippen LogP contribution in [-0.4, -0.2) is 23.6 Å². The Morgan fingerprint density at radius 3 is 2.19 bits per heavy atom. The third-order valence-electron chi connectivity index (χ3n) is 4.24. The fourth-order valence-corrected chi connectivity index (χ4v) is 2.27. The minimum Gasteiger partial charge on any atom is -0.423 e. The smallest absolute Gasteiger partial charge is 0.353 e. The molecule has 1 saturated heterocycles. The lowest BCUT2D eigenvalue weighted by molar-refractivity contribution is -0.00632. The highest BCUT2D eigenvalue weighted by atomic mass is 16.5. The standard InChI is InChI=1S/C13H25BO2/c1-7-9-10(8-2)14-11(15)12(3,4)13(5,6)16-14/h9,11,15H,7-8H2,1-6H3. The maximum Gasteiger partial charge on any atom is 0.353 e. The van der Waals surface area contributed by atoms with E-state index in [0.29, 0.717) is 0 Å². The zero-order valence-electron chi connectivity index (χ0n) is 11.5. The average Bonchev–Trinajstić information content (AvgIpc) is 2.35. The molecule has 1 heterocycles. The second kappa shape index (κ2) is 4.54. The van der Waals surface area contributed by atoms with Crippen molar-refractivity contribution < 1.29 is 9.76 Å². The Morgan fingerprint density at radius 2 is 1.88 bits per heavy atom. The molecule has 1 unspecified atom stereocenters. The van der Waals surface area contributed by atoms with Gasteiger partial charge in [0.15, 0.2) is 0 Å². The van der Waals surface area contributed by atoms with Gasteiger partial charge in [0.1, 0.15) is 0 Å². The summed E-state index contributed by atoms with van der Waals surface area (Å²) in [7, 11) is 0. The molecule has 1 aliphatic rings. The summed E-state index contributed by atoms with van der Waals surface area (Å²) in [5, 5.41) is 10.4. The van der Waals surface area contributed by atoms with E-state index in [2.05, 4.69) is 47.6 Å². The number of rotatable bonds is 3. The number of allylic oxidation sites excluding steroid dienone is 2. The van der Waals surface area contributed by atoms with Crippen molar-refractivity contribution in [3.63, 3.8) is 0 Å². The van der Waals surface area contributed by atoms with Crippen LogP contribution in [0.5, 0.6) is 0 Å². The van der Waals surface area contributed by atoms with E-state index in [0.717, 1.165) is 12.8 Å². The number of hydrogen-bond acceptors (Lipinski definition) is 2. The highest BCUT2D eigenvalue weighted by molar-refractivity contribution is 6.62. The third kappa shape index (κ3) is 2.08. The molecule has 1 rings (SSSR count). The first-order chi connectivity index (χ1) is 7.28. The van der Waals surface area contributed by atoms with Gasteiger partial charge in [-0.25, -0.2) is 0 Å². The summed E-state index contributed by atoms with van der Waals surface area (Å²) < 4.78 is 6.06. The van der Waals surface area contributed by atoms with Gasteiger partial charge in [-0.3, -0.25) is 0 Å². The van der Waals surface area contributed by atoms with Crippen LogP contribution in [0.4, 0.5) is 0 Å². The van der Waals surface area contributed by atoms with Gasteiger partial charge in [0, 0.05) is 5.41 Å². The molecule has 0 spiro atoms. The number of aliphatic hydroxyl groups is 1. The Bertz CT molecular complexity index is 282. The second-order valence-corrected chi connectivity index (χ2v) is 5.76. The molecule has 0 bridgehead atoms. The molecule has 1 fully saturated rings. The van der Waals surface area contributed by atoms with E-state index < -0.39 is 6.00 Å². The summed E-state index contributed by atoms with van der Waals surface area (Å²) >= 11 is 0. The quantitative estimate of drug-likeness (QED) is 0.746. The van der Waals surface area contributed by atoms with Gasteiger partial charge in [-0.05, 0) is 26.7 Å². The van der Waals surface area contributed by atoms with Crippen molar-refractivity contribution in [1.29, 1.82) is 0 Å². The Hall–Kier alpha value is -0.275. The minimum absolute atomic E-state index is 0.130. The predicted molar refractivity (Wildman–Crippen MR) is 69.4 cm³/mol. The Balaban J connectivity index is 2.99. The van der Waals surface area contributed by atoms with Crippen molar-refractivity contribution in [2.24, 2.45) is 5.41 Å². The summed E-state index contributed by atoms with van der Waals surface area (Å²) in [4.78, 5) is 0. The van der Waals surface area contributed by atoms with Gasteiger partial charge in [0.05, 0.1) is 11.6 Å². The van der Waals surface area contributed by atoms with Crippen LogP contribution in [-0.2, 0) is 4.65 Å². The van der Waals surface area contributed by atoms with Gasteiger partial charge >= 0.3 is 6.92 Å². The van der Waals surface area contributed by atoms with E-state index in [9.17, 15) is 5.11 Å². The van der Waals surface area contributed by atoms with Gasteiger partial charge in [0.2, 0.25) is 0 Å². The molecule has 3 heteroatoms. The SMILES string of the molecule is CCC=C(CC)B1OC(C)(C)C(C)(C)C1O. The number of aliphatic hydroxyl groups excluding tert-OH is 1. The first kappa shape index (κ1) is 13.8. The van der Waals surface area contributed by atoms with Crippen LogP contribution in [0.15, 0.2) is 11.5 Å². The zero-order valence-corrected chi connectivity index (χ0v) is 11.5. The van der Waals surface area contributed by atoms with E-state index in [1.165, 1.54) is 5.47 Å². The van der Waals surface area contributed by atoms with Gasteiger partial charge < -0.3 is 9.76 Å². The molecule has 16 heavy (non-hydrogen) atoms. The summed E-state index contributed by atoms with van der Waals surface area (Å²) in [5.74, 6) is 0. The Labute approximate surface area is 100 Å². The minimum atomic E-state index is -0.416. The molecular formula is C13H25BO2. The van der Waals surface area contributed by atoms with E-state index in [4.69, 9.17) is 4.65 Å². The van der Waals surface area contributed by atoms with Crippen molar-refractivity contribution in [1.82, 2.24) is 0 Å². The van der Waals surface area contributed by atoms with Crippen molar-refractivity contribution in [3.05, 3.63) is 11.5 Å². The summed E-state index contributed by atoms with van der Waals surface area (Å²) in [6.07, 6.45) is 4.13. The van der Waals surface area contributed by atoms with Crippen LogP contribution >= 0.6 is 0 Å². The molecule has 0 aromatic heterocycles. The molecule has 0 aromatic carbocycles. The second-order valence-electron chi connectivity index (χ2n) is 5.76. The third-order valence-corrected chi connectivity index (χ3v) is 4.24. The maximum absolute atomic E-state index is 10.4. The van der Waals surface area contributed by atoms with E-state index >= 15 is 0 Å². The molecule has 1 aliphatic heterocycles. The van der Waals surface area contributed by atoms with Gasteiger partial charge in [-0.2, -0.15) is 0 Å². The van der Waals surface area contributed by atoms with Crippen LogP contribution in [0, 0.1) is 5.41 Å². The lowest BCUT2D eigenvalue weighted by atomic mass is 9.50. The Morgan fingerprint density at radius 1 is 1.31 bits per heavy atom. The topological polar surface area (TPSA) is 29.5 Å². The van der Waals surface area contributed by atoms with E-state index in [-0.39, 0.29) is 17.9 Å². The van der Waals surface area contributed by atoms with Crippen molar-refractivity contribution in [2.75, 3.05) is 0 Å². The average molecular weight is 224 g/mol. The Kier molecular flexibility index (Phi) is 3.91. The van der Waals surface area contributed by atoms with Crippen LogP contribution in [0.3, 0.4) is 0 Å². The largest absolute Gasteiger partial charge is 0.423 e. The van der Waals surface area contributed by atoms with Gasteiger partial charge in [-0.15, -0.1) is 0 Å². The molecule has 92 valence electrons. The van der Waals surface area contributed by atoms with Crippen LogP contribution in [0.1, 0.15) is 54.4 Å². The van der Waals surface area contributed by atoms with Gasteiger partial charge in [0.25, 0.3) is 0 Å². The molecule has 0 aromatic rings. The van der Waals surface area contributed by atoms with Crippen molar-refractivity contribution >= 4 is 6.92 Å². The van der Waals surface area contributed by atoms with Crippen LogP contribution in [0.25, 0.3) is 0 Å². The first-order valence-electron chi connectivity index (χ1n) is 6.32. The number of hydrogen-bond donors (Lipinski definition) is 1. The molecule has 0 radical (unpaired) electrons. The van der Waals surface area contributed by atoms with E-state index in [1.54, 1.807) is 0 Å². The molecule has 1 N–H and O–H groups in total. The predicted octanol–water partition coefficient (Wildman–Crippen LogP) is 3.00.